The minimum absolute atomic E-state index is 0.117. The summed E-state index contributed by atoms with van der Waals surface area (Å²) in [5.74, 6) is -1.45. The molecule has 202 valence electrons. The number of aryl methyl sites for hydroxylation is 1. The Morgan fingerprint density at radius 1 is 1.05 bits per heavy atom. The highest BCUT2D eigenvalue weighted by molar-refractivity contribution is 7.18. The zero-order valence-corrected chi connectivity index (χ0v) is 22.8. The van der Waals surface area contributed by atoms with Crippen LogP contribution in [0.5, 0.6) is 11.5 Å². The van der Waals surface area contributed by atoms with Crippen LogP contribution in [0.15, 0.2) is 78.6 Å². The van der Waals surface area contributed by atoms with Gasteiger partial charge in [0.2, 0.25) is 0 Å². The summed E-state index contributed by atoms with van der Waals surface area (Å²) < 4.78 is 11.6. The van der Waals surface area contributed by atoms with E-state index in [1.807, 2.05) is 30.3 Å². The van der Waals surface area contributed by atoms with Gasteiger partial charge in [-0.1, -0.05) is 47.7 Å². The van der Waals surface area contributed by atoms with Gasteiger partial charge >= 0.3 is 5.91 Å². The number of amides is 1. The molecule has 40 heavy (non-hydrogen) atoms. The molecule has 2 aromatic heterocycles. The Balaban J connectivity index is 1.63. The predicted octanol–water partition coefficient (Wildman–Crippen LogP) is 5.26. The summed E-state index contributed by atoms with van der Waals surface area (Å²) >= 11 is 1.02. The van der Waals surface area contributed by atoms with Gasteiger partial charge in [-0.15, -0.1) is 0 Å². The summed E-state index contributed by atoms with van der Waals surface area (Å²) in [6.45, 7) is 3.39. The lowest BCUT2D eigenvalue weighted by Gasteiger charge is -2.24. The average Bonchev–Trinajstić information content (AvgIpc) is 3.48. The predicted molar refractivity (Wildman–Crippen MR) is 150 cm³/mol. The second-order valence-electron chi connectivity index (χ2n) is 9.06. The monoisotopic (exact) mass is 555 g/mol. The number of rotatable bonds is 8. The highest BCUT2D eigenvalue weighted by Crippen LogP contribution is 2.45. The van der Waals surface area contributed by atoms with Gasteiger partial charge in [0.1, 0.15) is 12.4 Å². The van der Waals surface area contributed by atoms with Crippen LogP contribution in [0.25, 0.3) is 5.76 Å². The molecule has 1 N–H and O–H groups in total. The van der Waals surface area contributed by atoms with E-state index in [0.717, 1.165) is 16.9 Å². The van der Waals surface area contributed by atoms with Gasteiger partial charge in [0.05, 0.1) is 29.3 Å². The molecule has 4 aromatic rings. The maximum Gasteiger partial charge on any atom is 0.301 e. The first-order valence-corrected chi connectivity index (χ1v) is 13.2. The minimum atomic E-state index is -1.05. The number of nitrogens with zero attached hydrogens (tertiary/aromatic N) is 3. The smallest absolute Gasteiger partial charge is 0.301 e. The van der Waals surface area contributed by atoms with E-state index in [2.05, 4.69) is 9.97 Å². The maximum atomic E-state index is 13.5. The molecule has 3 heterocycles. The Labute approximate surface area is 234 Å². The number of hydrogen-bond acceptors (Lipinski definition) is 9. The fraction of sp³-hybridized carbons (Fsp3) is 0.167. The number of thiazole rings is 1. The number of ether oxygens (including phenoxy) is 2. The third kappa shape index (κ3) is 4.96. The zero-order chi connectivity index (χ0) is 28.4. The van der Waals surface area contributed by atoms with E-state index >= 15 is 0 Å². The molecule has 1 atom stereocenters. The lowest BCUT2D eigenvalue weighted by atomic mass is 9.95. The summed E-state index contributed by atoms with van der Waals surface area (Å²) in [5, 5.41) is 11.4. The lowest BCUT2D eigenvalue weighted by Crippen LogP contribution is -2.29. The fourth-order valence-electron chi connectivity index (χ4n) is 4.53. The van der Waals surface area contributed by atoms with Gasteiger partial charge in [-0.25, -0.2) is 4.98 Å². The molecule has 0 radical (unpaired) electrons. The zero-order valence-electron chi connectivity index (χ0n) is 22.0. The number of Topliss-reactive ketones (excluding diaryl/α,β-unsaturated/α-hetero) is 2. The van der Waals surface area contributed by atoms with Crippen molar-refractivity contribution in [3.8, 4) is 11.5 Å². The maximum absolute atomic E-state index is 13.5. The molecule has 5 rings (SSSR count). The summed E-state index contributed by atoms with van der Waals surface area (Å²) in [5.41, 5.74) is 2.11. The molecule has 0 bridgehead atoms. The first kappa shape index (κ1) is 26.8. The van der Waals surface area contributed by atoms with E-state index in [1.54, 1.807) is 37.3 Å². The van der Waals surface area contributed by atoms with Crippen LogP contribution in [-0.2, 0) is 16.2 Å². The van der Waals surface area contributed by atoms with Crippen LogP contribution in [0.1, 0.15) is 45.0 Å². The van der Waals surface area contributed by atoms with Gasteiger partial charge in [0.15, 0.2) is 22.4 Å². The normalized spacial score (nSPS) is 16.3. The molecule has 1 unspecified atom stereocenters. The second-order valence-corrected chi connectivity index (χ2v) is 10.0. The molecule has 0 spiro atoms. The number of benzene rings is 2. The van der Waals surface area contributed by atoms with Crippen molar-refractivity contribution in [1.82, 2.24) is 9.97 Å². The summed E-state index contributed by atoms with van der Waals surface area (Å²) in [4.78, 5) is 49.0. The highest BCUT2D eigenvalue weighted by Gasteiger charge is 2.48. The Hall–Kier alpha value is -4.83. The average molecular weight is 556 g/mol. The molecule has 1 amide bonds. The molecule has 10 heteroatoms. The van der Waals surface area contributed by atoms with Crippen molar-refractivity contribution >= 4 is 39.7 Å². The van der Waals surface area contributed by atoms with E-state index in [0.29, 0.717) is 39.8 Å². The van der Waals surface area contributed by atoms with Crippen LogP contribution in [0.4, 0.5) is 5.13 Å². The van der Waals surface area contributed by atoms with E-state index in [4.69, 9.17) is 9.47 Å². The molecule has 1 aliphatic heterocycles. The number of hydrogen-bond donors (Lipinski definition) is 1. The molecule has 1 saturated heterocycles. The topological polar surface area (TPSA) is 119 Å². The van der Waals surface area contributed by atoms with E-state index in [1.165, 1.54) is 31.3 Å². The number of pyridine rings is 1. The fourth-order valence-corrected chi connectivity index (χ4v) is 5.52. The van der Waals surface area contributed by atoms with Crippen molar-refractivity contribution in [3.05, 3.63) is 106 Å². The first-order chi connectivity index (χ1) is 19.3. The molecule has 0 saturated carbocycles. The van der Waals surface area contributed by atoms with Crippen molar-refractivity contribution in [2.45, 2.75) is 26.5 Å². The van der Waals surface area contributed by atoms with Gasteiger partial charge in [-0.3, -0.25) is 24.3 Å². The Morgan fingerprint density at radius 2 is 1.77 bits per heavy atom. The van der Waals surface area contributed by atoms with Crippen LogP contribution < -0.4 is 14.4 Å². The molecule has 0 aliphatic carbocycles. The number of aromatic nitrogens is 2. The van der Waals surface area contributed by atoms with E-state index in [9.17, 15) is 19.5 Å². The van der Waals surface area contributed by atoms with Gasteiger partial charge in [0, 0.05) is 24.9 Å². The first-order valence-electron chi connectivity index (χ1n) is 12.3. The summed E-state index contributed by atoms with van der Waals surface area (Å²) in [6, 6.07) is 16.8. The molecular weight excluding hydrogens is 530 g/mol. The van der Waals surface area contributed by atoms with Crippen molar-refractivity contribution in [2.75, 3.05) is 12.0 Å². The number of anilines is 1. The molecular formula is C30H25N3O6S. The van der Waals surface area contributed by atoms with Crippen LogP contribution >= 0.6 is 11.3 Å². The largest absolute Gasteiger partial charge is 0.507 e. The highest BCUT2D eigenvalue weighted by atomic mass is 32.1. The van der Waals surface area contributed by atoms with E-state index in [-0.39, 0.29) is 22.2 Å². The van der Waals surface area contributed by atoms with Crippen LogP contribution in [0, 0.1) is 6.92 Å². The van der Waals surface area contributed by atoms with Crippen LogP contribution in [-0.4, -0.2) is 39.7 Å². The van der Waals surface area contributed by atoms with E-state index < -0.39 is 17.7 Å². The van der Waals surface area contributed by atoms with Crippen LogP contribution in [0.3, 0.4) is 0 Å². The van der Waals surface area contributed by atoms with Crippen molar-refractivity contribution in [2.24, 2.45) is 0 Å². The number of aliphatic hydroxyl groups excluding tert-OH is 1. The Morgan fingerprint density at radius 3 is 2.42 bits per heavy atom. The third-order valence-corrected chi connectivity index (χ3v) is 7.71. The Kier molecular flexibility index (Phi) is 7.43. The summed E-state index contributed by atoms with van der Waals surface area (Å²) in [7, 11) is 1.49. The quantitative estimate of drug-likeness (QED) is 0.135. The second kappa shape index (κ2) is 11.1. The molecule has 2 aromatic carbocycles. The number of ketones is 2. The van der Waals surface area contributed by atoms with Crippen LogP contribution in [0.2, 0.25) is 0 Å². The number of methoxy groups -OCH3 is 1. The Bertz CT molecular complexity index is 1630. The number of carbonyl (C=O) groups is 3. The van der Waals surface area contributed by atoms with Crippen molar-refractivity contribution < 1.29 is 29.0 Å². The van der Waals surface area contributed by atoms with Gasteiger partial charge in [-0.05, 0) is 42.3 Å². The number of aliphatic hydroxyl groups is 1. The number of carbonyl (C=O) groups excluding carboxylic acids is 3. The standard InChI is InChI=1S/C30H25N3O6S/c1-17-28(18(2)34)40-30(32-17)33-25(24(27(36)29(33)37)26(35)20-11-13-31-14-12-20)21-9-10-22(23(15-21)38-3)39-16-19-7-5-4-6-8-19/h4-15,25,35H,16H2,1-3H3. The molecule has 1 fully saturated rings. The van der Waals surface area contributed by atoms with Gasteiger partial charge in [0.25, 0.3) is 5.78 Å². The third-order valence-electron chi connectivity index (χ3n) is 6.45. The SMILES string of the molecule is COc1cc(C2C(=C(O)c3ccncc3)C(=O)C(=O)N2c2nc(C)c(C(C)=O)s2)ccc1OCc1ccccc1. The van der Waals surface area contributed by atoms with Crippen molar-refractivity contribution in [3.63, 3.8) is 0 Å². The summed E-state index contributed by atoms with van der Waals surface area (Å²) in [6.07, 6.45) is 2.96. The minimum Gasteiger partial charge on any atom is -0.507 e. The van der Waals surface area contributed by atoms with Gasteiger partial charge < -0.3 is 14.6 Å². The van der Waals surface area contributed by atoms with Gasteiger partial charge in [-0.2, -0.15) is 0 Å². The van der Waals surface area contributed by atoms with Crippen molar-refractivity contribution in [1.29, 1.82) is 0 Å². The lowest BCUT2D eigenvalue weighted by molar-refractivity contribution is -0.132. The molecule has 1 aliphatic rings. The molecule has 9 nitrogen and oxygen atoms in total.